The summed E-state index contributed by atoms with van der Waals surface area (Å²) in [6.45, 7) is 2.07. The van der Waals surface area contributed by atoms with Crippen molar-refractivity contribution < 1.29 is 17.7 Å². The van der Waals surface area contributed by atoms with E-state index in [-0.39, 0.29) is 10.8 Å². The van der Waals surface area contributed by atoms with Crippen molar-refractivity contribution in [2.45, 2.75) is 23.1 Å². The molecule has 1 aromatic heterocycles. The molecule has 2 aromatic carbocycles. The smallest absolute Gasteiger partial charge is 0.261 e. The Morgan fingerprint density at radius 1 is 1.21 bits per heavy atom. The number of hydrogen-bond acceptors (Lipinski definition) is 6. The van der Waals surface area contributed by atoms with Gasteiger partial charge < -0.3 is 9.42 Å². The maximum absolute atomic E-state index is 13.0. The number of carbonyl (C=O) groups is 1. The van der Waals surface area contributed by atoms with Crippen molar-refractivity contribution >= 4 is 39.1 Å². The number of aromatic nitrogens is 1. The summed E-state index contributed by atoms with van der Waals surface area (Å²) in [5, 5.41) is 3.67. The Morgan fingerprint density at radius 3 is 2.83 bits per heavy atom. The monoisotopic (exact) mass is 429 g/mol. The lowest BCUT2D eigenvalue weighted by Crippen LogP contribution is -2.29. The maximum Gasteiger partial charge on any atom is 0.261 e. The highest BCUT2D eigenvalue weighted by molar-refractivity contribution is 7.99. The summed E-state index contributed by atoms with van der Waals surface area (Å²) < 4.78 is 33.7. The van der Waals surface area contributed by atoms with Crippen LogP contribution in [-0.2, 0) is 14.8 Å². The summed E-state index contributed by atoms with van der Waals surface area (Å²) in [5.74, 6) is 1.33. The summed E-state index contributed by atoms with van der Waals surface area (Å²) in [4.78, 5) is 14.7. The van der Waals surface area contributed by atoms with Gasteiger partial charge in [-0.25, -0.2) is 8.42 Å². The Morgan fingerprint density at radius 2 is 2.07 bits per heavy atom. The first-order valence-corrected chi connectivity index (χ1v) is 11.5. The molecule has 0 saturated heterocycles. The molecule has 1 amide bonds. The van der Waals surface area contributed by atoms with Crippen molar-refractivity contribution in [1.29, 1.82) is 0 Å². The van der Waals surface area contributed by atoms with E-state index < -0.39 is 10.0 Å². The van der Waals surface area contributed by atoms with Gasteiger partial charge in [0.15, 0.2) is 5.76 Å². The first-order chi connectivity index (χ1) is 13.9. The zero-order valence-corrected chi connectivity index (χ0v) is 17.3. The largest absolute Gasteiger partial charge is 0.356 e. The number of amides is 1. The van der Waals surface area contributed by atoms with Gasteiger partial charge in [-0.3, -0.25) is 9.52 Å². The molecule has 4 rings (SSSR count). The van der Waals surface area contributed by atoms with Crippen molar-refractivity contribution in [3.05, 3.63) is 54.7 Å². The second-order valence-electron chi connectivity index (χ2n) is 6.57. The minimum Gasteiger partial charge on any atom is -0.356 e. The lowest BCUT2D eigenvalue weighted by atomic mass is 10.1. The van der Waals surface area contributed by atoms with Crippen LogP contribution in [0.4, 0.5) is 11.4 Å². The second kappa shape index (κ2) is 7.92. The number of fused-ring (bicyclic) bond motifs is 1. The van der Waals surface area contributed by atoms with Crippen LogP contribution in [0.1, 0.15) is 13.3 Å². The molecule has 0 radical (unpaired) electrons. The van der Waals surface area contributed by atoms with Crippen LogP contribution in [0.25, 0.3) is 11.3 Å². The molecule has 0 spiro atoms. The predicted molar refractivity (Wildman–Crippen MR) is 113 cm³/mol. The topological polar surface area (TPSA) is 92.5 Å². The first-order valence-electron chi connectivity index (χ1n) is 9.03. The van der Waals surface area contributed by atoms with Crippen LogP contribution < -0.4 is 9.62 Å². The van der Waals surface area contributed by atoms with E-state index in [9.17, 15) is 13.2 Å². The molecule has 0 aliphatic carbocycles. The van der Waals surface area contributed by atoms with Gasteiger partial charge in [0.05, 0.1) is 16.8 Å². The van der Waals surface area contributed by atoms with Crippen molar-refractivity contribution in [2.75, 3.05) is 21.9 Å². The number of anilines is 2. The Hall–Kier alpha value is -2.78. The standard InChI is InChI=1S/C20H19N3O4S2/c1-14(24)23-10-3-11-28-20-7-6-17(13-18(20)23)29(25,26)22-16-5-2-4-15(12-16)19-8-9-21-27-19/h2,4-9,12-13,22H,3,10-11H2,1H3. The Bertz CT molecular complexity index is 1140. The molecule has 150 valence electrons. The average Bonchev–Trinajstić information content (AvgIpc) is 3.14. The van der Waals surface area contributed by atoms with E-state index in [2.05, 4.69) is 9.88 Å². The molecule has 0 bridgehead atoms. The molecule has 1 aliphatic rings. The minimum atomic E-state index is -3.84. The highest BCUT2D eigenvalue weighted by Gasteiger charge is 2.23. The Labute approximate surface area is 173 Å². The van der Waals surface area contributed by atoms with E-state index in [1.165, 1.54) is 13.1 Å². The molecule has 29 heavy (non-hydrogen) atoms. The van der Waals surface area contributed by atoms with Gasteiger partial charge in [-0.05, 0) is 42.5 Å². The van der Waals surface area contributed by atoms with E-state index in [0.29, 0.717) is 29.2 Å². The number of nitrogens with one attached hydrogen (secondary N) is 1. The third-order valence-electron chi connectivity index (χ3n) is 4.53. The average molecular weight is 430 g/mol. The van der Waals surface area contributed by atoms with Gasteiger partial charge in [0, 0.05) is 35.7 Å². The van der Waals surface area contributed by atoms with E-state index in [1.54, 1.807) is 59.1 Å². The van der Waals surface area contributed by atoms with Crippen LogP contribution in [0.2, 0.25) is 0 Å². The molecule has 9 heteroatoms. The molecule has 2 heterocycles. The molecule has 0 unspecified atom stereocenters. The lowest BCUT2D eigenvalue weighted by Gasteiger charge is -2.21. The minimum absolute atomic E-state index is 0.101. The molecule has 0 saturated carbocycles. The summed E-state index contributed by atoms with van der Waals surface area (Å²) >= 11 is 1.63. The SMILES string of the molecule is CC(=O)N1CCCSc2ccc(S(=O)(=O)Nc3cccc(-c4ccno4)c3)cc21. The van der Waals surface area contributed by atoms with Crippen molar-refractivity contribution in [3.8, 4) is 11.3 Å². The van der Waals surface area contributed by atoms with Gasteiger partial charge in [-0.15, -0.1) is 11.8 Å². The number of nitrogens with zero attached hydrogens (tertiary/aromatic N) is 2. The van der Waals surface area contributed by atoms with Crippen LogP contribution in [-0.4, -0.2) is 31.8 Å². The van der Waals surface area contributed by atoms with Crippen molar-refractivity contribution in [3.63, 3.8) is 0 Å². The van der Waals surface area contributed by atoms with Gasteiger partial charge in [-0.1, -0.05) is 17.3 Å². The fourth-order valence-electron chi connectivity index (χ4n) is 3.16. The highest BCUT2D eigenvalue weighted by atomic mass is 32.2. The van der Waals surface area contributed by atoms with Crippen LogP contribution >= 0.6 is 11.8 Å². The number of hydrogen-bond donors (Lipinski definition) is 1. The van der Waals surface area contributed by atoms with Crippen LogP contribution in [0.3, 0.4) is 0 Å². The molecule has 3 aromatic rings. The number of carbonyl (C=O) groups excluding carboxylic acids is 1. The molecular weight excluding hydrogens is 410 g/mol. The van der Waals surface area contributed by atoms with E-state index in [4.69, 9.17) is 4.52 Å². The zero-order valence-electron chi connectivity index (χ0n) is 15.7. The van der Waals surface area contributed by atoms with Gasteiger partial charge in [0.1, 0.15) is 0 Å². The number of sulfonamides is 1. The fraction of sp³-hybridized carbons (Fsp3) is 0.200. The Kier molecular flexibility index (Phi) is 5.33. The summed E-state index contributed by atoms with van der Waals surface area (Å²) in [6, 6.07) is 13.5. The maximum atomic E-state index is 13.0. The van der Waals surface area contributed by atoms with Crippen LogP contribution in [0, 0.1) is 0 Å². The van der Waals surface area contributed by atoms with E-state index >= 15 is 0 Å². The zero-order chi connectivity index (χ0) is 20.4. The molecule has 1 aliphatic heterocycles. The number of rotatable bonds is 4. The van der Waals surface area contributed by atoms with Crippen molar-refractivity contribution in [2.24, 2.45) is 0 Å². The predicted octanol–water partition coefficient (Wildman–Crippen LogP) is 3.99. The van der Waals surface area contributed by atoms with Gasteiger partial charge in [-0.2, -0.15) is 0 Å². The highest BCUT2D eigenvalue weighted by Crippen LogP contribution is 2.36. The second-order valence-corrected chi connectivity index (χ2v) is 9.38. The lowest BCUT2D eigenvalue weighted by molar-refractivity contribution is -0.116. The fourth-order valence-corrected chi connectivity index (χ4v) is 5.21. The molecule has 1 N–H and O–H groups in total. The molecule has 7 nitrogen and oxygen atoms in total. The third kappa shape index (κ3) is 4.15. The van der Waals surface area contributed by atoms with Gasteiger partial charge in [0.2, 0.25) is 5.91 Å². The summed E-state index contributed by atoms with van der Waals surface area (Å²) in [5.41, 5.74) is 1.76. The van der Waals surface area contributed by atoms with Crippen molar-refractivity contribution in [1.82, 2.24) is 5.16 Å². The molecular formula is C20H19N3O4S2. The van der Waals surface area contributed by atoms with Crippen LogP contribution in [0.5, 0.6) is 0 Å². The summed E-state index contributed by atoms with van der Waals surface area (Å²) in [6.07, 6.45) is 2.38. The van der Waals surface area contributed by atoms with Gasteiger partial charge >= 0.3 is 0 Å². The third-order valence-corrected chi connectivity index (χ3v) is 7.06. The summed E-state index contributed by atoms with van der Waals surface area (Å²) in [7, 11) is -3.84. The number of benzene rings is 2. The van der Waals surface area contributed by atoms with E-state index in [0.717, 1.165) is 17.1 Å². The van der Waals surface area contributed by atoms with Gasteiger partial charge in [0.25, 0.3) is 10.0 Å². The normalized spacial score (nSPS) is 14.2. The number of thioether (sulfide) groups is 1. The molecule has 0 fully saturated rings. The quantitative estimate of drug-likeness (QED) is 0.674. The van der Waals surface area contributed by atoms with E-state index in [1.807, 2.05) is 6.07 Å². The first kappa shape index (κ1) is 19.5. The Balaban J connectivity index is 1.66. The molecule has 0 atom stereocenters. The van der Waals surface area contributed by atoms with Crippen LogP contribution in [0.15, 0.2) is 69.0 Å².